The Labute approximate surface area is 255 Å². The molecular formula is C29H24Br2N2O5S2. The molecule has 0 fully saturated rings. The highest BCUT2D eigenvalue weighted by atomic mass is 79.9. The lowest BCUT2D eigenvalue weighted by atomic mass is 9.95. The minimum Gasteiger partial charge on any atom is -0.496 e. The number of thiazole rings is 1. The molecule has 1 aliphatic heterocycles. The van der Waals surface area contributed by atoms with Crippen LogP contribution in [0.3, 0.4) is 0 Å². The van der Waals surface area contributed by atoms with Crippen molar-refractivity contribution in [3.8, 4) is 5.75 Å². The Kier molecular flexibility index (Phi) is 8.55. The number of methoxy groups -OCH3 is 1. The van der Waals surface area contributed by atoms with Crippen molar-refractivity contribution in [3.05, 3.63) is 106 Å². The first-order valence-electron chi connectivity index (χ1n) is 12.3. The molecule has 0 saturated heterocycles. The van der Waals surface area contributed by atoms with Crippen molar-refractivity contribution >= 4 is 67.0 Å². The third-order valence-electron chi connectivity index (χ3n) is 5.97. The van der Waals surface area contributed by atoms with Gasteiger partial charge in [0.1, 0.15) is 17.6 Å². The molecule has 11 heteroatoms. The highest BCUT2D eigenvalue weighted by molar-refractivity contribution is 9.10. The summed E-state index contributed by atoms with van der Waals surface area (Å²) in [4.78, 5) is 33.5. The van der Waals surface area contributed by atoms with E-state index >= 15 is 0 Å². The number of aromatic nitrogens is 1. The maximum atomic E-state index is 14.0. The van der Waals surface area contributed by atoms with E-state index in [4.69, 9.17) is 13.9 Å². The average Bonchev–Trinajstić information content (AvgIpc) is 3.40. The lowest BCUT2D eigenvalue weighted by Crippen LogP contribution is -2.40. The fraction of sp³-hybridized carbons (Fsp3) is 0.207. The van der Waals surface area contributed by atoms with E-state index in [-0.39, 0.29) is 17.2 Å². The van der Waals surface area contributed by atoms with Gasteiger partial charge in [0.2, 0.25) is 0 Å². The van der Waals surface area contributed by atoms with E-state index in [0.29, 0.717) is 37.2 Å². The van der Waals surface area contributed by atoms with Crippen LogP contribution in [0.15, 0.2) is 99.0 Å². The number of benzene rings is 2. The van der Waals surface area contributed by atoms with Gasteiger partial charge in [0.15, 0.2) is 9.89 Å². The van der Waals surface area contributed by atoms with Crippen molar-refractivity contribution in [1.29, 1.82) is 0 Å². The molecule has 7 nitrogen and oxygen atoms in total. The molecule has 3 heterocycles. The molecule has 0 amide bonds. The number of fused-ring (bicyclic) bond motifs is 1. The summed E-state index contributed by atoms with van der Waals surface area (Å²) in [6.45, 7) is 5.31. The minimum absolute atomic E-state index is 0.284. The third kappa shape index (κ3) is 5.79. The molecule has 0 aliphatic carbocycles. The topological polar surface area (TPSA) is 83.0 Å². The van der Waals surface area contributed by atoms with Gasteiger partial charge in [-0.1, -0.05) is 57.2 Å². The number of ether oxygens (including phenoxy) is 2. The number of nitrogens with zero attached hydrogens (tertiary/aromatic N) is 2. The average molecular weight is 704 g/mol. The number of rotatable bonds is 7. The van der Waals surface area contributed by atoms with Crippen LogP contribution in [0.1, 0.15) is 38.1 Å². The van der Waals surface area contributed by atoms with Gasteiger partial charge < -0.3 is 13.9 Å². The number of esters is 1. The van der Waals surface area contributed by atoms with E-state index in [1.54, 1.807) is 40.0 Å². The second-order valence-corrected chi connectivity index (χ2v) is 12.9. The van der Waals surface area contributed by atoms with Crippen molar-refractivity contribution < 1.29 is 18.7 Å². The Morgan fingerprint density at radius 3 is 2.62 bits per heavy atom. The van der Waals surface area contributed by atoms with E-state index in [9.17, 15) is 9.59 Å². The minimum atomic E-state index is -0.801. The zero-order valence-corrected chi connectivity index (χ0v) is 26.7. The first kappa shape index (κ1) is 28.7. The molecular weight excluding hydrogens is 680 g/mol. The van der Waals surface area contributed by atoms with E-state index in [1.807, 2.05) is 48.5 Å². The molecule has 1 atom stereocenters. The summed E-state index contributed by atoms with van der Waals surface area (Å²) in [6, 6.07) is 16.4. The van der Waals surface area contributed by atoms with Crippen LogP contribution < -0.4 is 19.6 Å². The van der Waals surface area contributed by atoms with E-state index in [1.165, 1.54) is 27.7 Å². The molecule has 0 saturated carbocycles. The van der Waals surface area contributed by atoms with Crippen LogP contribution in [0.25, 0.3) is 6.08 Å². The SMILES string of the molecule is COc1ccc(Br)cc1[C@@H]1C(C(=O)OC(C)C)=C(C)N=c2s/c(=C\c3cc(Br)c(Sc4ccccc4)o3)c(=O)n21. The van der Waals surface area contributed by atoms with Crippen molar-refractivity contribution in [3.63, 3.8) is 0 Å². The van der Waals surface area contributed by atoms with Gasteiger partial charge in [0.25, 0.3) is 5.56 Å². The quantitative estimate of drug-likeness (QED) is 0.206. The first-order chi connectivity index (χ1) is 19.2. The first-order valence-corrected chi connectivity index (χ1v) is 15.5. The van der Waals surface area contributed by atoms with Crippen LogP contribution in [0.5, 0.6) is 5.75 Å². The van der Waals surface area contributed by atoms with Gasteiger partial charge in [-0.05, 0) is 73.1 Å². The number of carbonyl (C=O) groups is 1. The smallest absolute Gasteiger partial charge is 0.338 e. The highest BCUT2D eigenvalue weighted by Crippen LogP contribution is 2.38. The van der Waals surface area contributed by atoms with Crippen LogP contribution in [0, 0.1) is 0 Å². The van der Waals surface area contributed by atoms with Crippen molar-refractivity contribution in [2.75, 3.05) is 7.11 Å². The van der Waals surface area contributed by atoms with E-state index in [2.05, 4.69) is 36.9 Å². The molecule has 2 aromatic heterocycles. The van der Waals surface area contributed by atoms with E-state index < -0.39 is 12.0 Å². The largest absolute Gasteiger partial charge is 0.496 e. The number of carbonyl (C=O) groups excluding carboxylic acids is 1. The molecule has 0 unspecified atom stereocenters. The van der Waals surface area contributed by atoms with Gasteiger partial charge >= 0.3 is 5.97 Å². The predicted molar refractivity (Wildman–Crippen MR) is 163 cm³/mol. The van der Waals surface area contributed by atoms with Gasteiger partial charge in [-0.15, -0.1) is 0 Å². The number of hydrogen-bond acceptors (Lipinski definition) is 8. The van der Waals surface area contributed by atoms with Crippen molar-refractivity contribution in [2.24, 2.45) is 4.99 Å². The summed E-state index contributed by atoms with van der Waals surface area (Å²) in [5, 5.41) is 0.677. The summed E-state index contributed by atoms with van der Waals surface area (Å²) < 4.78 is 20.8. The van der Waals surface area contributed by atoms with Crippen LogP contribution in [-0.4, -0.2) is 23.8 Å². The summed E-state index contributed by atoms with van der Waals surface area (Å²) in [7, 11) is 1.55. The zero-order chi connectivity index (χ0) is 28.6. The Morgan fingerprint density at radius 1 is 1.18 bits per heavy atom. The molecule has 206 valence electrons. The summed E-state index contributed by atoms with van der Waals surface area (Å²) in [5.74, 6) is 0.516. The maximum absolute atomic E-state index is 14.0. The normalized spacial score (nSPS) is 15.3. The number of halogens is 2. The fourth-order valence-corrected chi connectivity index (χ4v) is 7.06. The molecule has 0 radical (unpaired) electrons. The molecule has 0 bridgehead atoms. The maximum Gasteiger partial charge on any atom is 0.338 e. The summed E-state index contributed by atoms with van der Waals surface area (Å²) >= 11 is 9.80. The number of allylic oxidation sites excluding steroid dienone is 1. The summed E-state index contributed by atoms with van der Waals surface area (Å²) in [5.41, 5.74) is 1.10. The molecule has 4 aromatic rings. The monoisotopic (exact) mass is 702 g/mol. The second-order valence-electron chi connectivity index (χ2n) is 9.12. The molecule has 1 aliphatic rings. The van der Waals surface area contributed by atoms with Gasteiger partial charge in [-0.25, -0.2) is 9.79 Å². The highest BCUT2D eigenvalue weighted by Gasteiger charge is 2.35. The molecule has 2 aromatic carbocycles. The van der Waals surface area contributed by atoms with Crippen molar-refractivity contribution in [2.45, 2.75) is 42.9 Å². The zero-order valence-electron chi connectivity index (χ0n) is 21.9. The Balaban J connectivity index is 1.66. The Morgan fingerprint density at radius 2 is 1.93 bits per heavy atom. The summed E-state index contributed by atoms with van der Waals surface area (Å²) in [6.07, 6.45) is 1.35. The van der Waals surface area contributed by atoms with Crippen LogP contribution in [0.4, 0.5) is 0 Å². The lowest BCUT2D eigenvalue weighted by molar-refractivity contribution is -0.143. The Bertz CT molecular complexity index is 1810. The van der Waals surface area contributed by atoms with Gasteiger partial charge in [0.05, 0.1) is 33.5 Å². The molecule has 40 heavy (non-hydrogen) atoms. The number of furan rings is 1. The fourth-order valence-electron chi connectivity index (χ4n) is 4.31. The van der Waals surface area contributed by atoms with Crippen LogP contribution in [-0.2, 0) is 9.53 Å². The number of hydrogen-bond donors (Lipinski definition) is 0. The van der Waals surface area contributed by atoms with Crippen LogP contribution in [0.2, 0.25) is 0 Å². The van der Waals surface area contributed by atoms with Gasteiger partial charge in [-0.3, -0.25) is 9.36 Å². The van der Waals surface area contributed by atoms with Gasteiger partial charge in [-0.2, -0.15) is 0 Å². The molecule has 0 N–H and O–H groups in total. The second kappa shape index (κ2) is 11.9. The third-order valence-corrected chi connectivity index (χ3v) is 9.30. The molecule has 5 rings (SSSR count). The lowest BCUT2D eigenvalue weighted by Gasteiger charge is -2.26. The van der Waals surface area contributed by atoms with Gasteiger partial charge in [0, 0.05) is 21.0 Å². The van der Waals surface area contributed by atoms with E-state index in [0.717, 1.165) is 13.8 Å². The predicted octanol–water partition coefficient (Wildman–Crippen LogP) is 6.46. The molecule has 0 spiro atoms. The Hall–Kier alpha value is -2.86. The standard InChI is InChI=1S/C29H24Br2N2O5S2/c1-15(2)37-27(35)24-16(3)32-29-33(25(24)20-12-17(30)10-11-22(20)36-4)26(34)23(40-29)14-18-13-21(31)28(38-18)39-19-8-6-5-7-9-19/h5-15,25H,1-4H3/b23-14-/t25-/m1/s1. The van der Waals surface area contributed by atoms with Crippen LogP contribution >= 0.6 is 55.0 Å². The van der Waals surface area contributed by atoms with Crippen molar-refractivity contribution in [1.82, 2.24) is 4.57 Å².